The average molecular weight is 367 g/mol. The number of hydrogen-bond acceptors (Lipinski definition) is 6. The second-order valence-corrected chi connectivity index (χ2v) is 5.62. The number of fused-ring (bicyclic) bond motifs is 1. The first-order valence-corrected chi connectivity index (χ1v) is 8.08. The molecule has 1 aromatic heterocycles. The predicted molar refractivity (Wildman–Crippen MR) is 98.4 cm³/mol. The number of nitrogens with zero attached hydrogens (tertiary/aromatic N) is 1. The van der Waals surface area contributed by atoms with E-state index in [9.17, 15) is 14.4 Å². The van der Waals surface area contributed by atoms with Gasteiger partial charge in [0, 0.05) is 23.0 Å². The highest BCUT2D eigenvalue weighted by molar-refractivity contribution is 6.04. The number of aromatic nitrogens is 1. The summed E-state index contributed by atoms with van der Waals surface area (Å²) in [5.74, 6) is -0.829. The first-order valence-electron chi connectivity index (χ1n) is 8.08. The maximum atomic E-state index is 12.9. The fourth-order valence-electron chi connectivity index (χ4n) is 2.67. The van der Waals surface area contributed by atoms with Crippen LogP contribution in [0, 0.1) is 0 Å². The average Bonchev–Trinajstić information content (AvgIpc) is 2.72. The van der Waals surface area contributed by atoms with E-state index in [0.29, 0.717) is 22.2 Å². The van der Waals surface area contributed by atoms with Gasteiger partial charge in [0.25, 0.3) is 5.56 Å². The van der Waals surface area contributed by atoms with Gasteiger partial charge < -0.3 is 14.2 Å². The van der Waals surface area contributed by atoms with Crippen LogP contribution in [0.4, 0.5) is 0 Å². The van der Waals surface area contributed by atoms with Crippen molar-refractivity contribution in [2.45, 2.75) is 0 Å². The lowest BCUT2D eigenvalue weighted by Crippen LogP contribution is -2.22. The molecule has 0 saturated heterocycles. The molecule has 0 radical (unpaired) electrons. The van der Waals surface area contributed by atoms with E-state index in [1.54, 1.807) is 48.5 Å². The fraction of sp³-hybridized carbons (Fsp3) is 0.150. The van der Waals surface area contributed by atoms with Crippen LogP contribution in [0.5, 0.6) is 5.75 Å². The summed E-state index contributed by atoms with van der Waals surface area (Å²) in [6.45, 7) is -0.512. The Hall–Kier alpha value is -3.61. The Bertz CT molecular complexity index is 1070. The molecule has 3 rings (SSSR count). The Morgan fingerprint density at radius 2 is 1.74 bits per heavy atom. The minimum absolute atomic E-state index is 0.164. The Morgan fingerprint density at radius 3 is 2.44 bits per heavy atom. The van der Waals surface area contributed by atoms with Gasteiger partial charge in [0.2, 0.25) is 0 Å². The SMILES string of the molecule is COC(=O)COC(=O)c1cn(-c2cccc(OC)c2)c(=O)c2ccccc12. The number of ether oxygens (including phenoxy) is 3. The van der Waals surface area contributed by atoms with Crippen molar-refractivity contribution in [1.82, 2.24) is 4.57 Å². The zero-order valence-corrected chi connectivity index (χ0v) is 14.8. The molecule has 0 saturated carbocycles. The van der Waals surface area contributed by atoms with Crippen LogP contribution in [0.2, 0.25) is 0 Å². The molecular formula is C20H17NO6. The quantitative estimate of drug-likeness (QED) is 0.644. The number of pyridine rings is 1. The number of methoxy groups -OCH3 is 2. The highest BCUT2D eigenvalue weighted by Crippen LogP contribution is 2.20. The summed E-state index contributed by atoms with van der Waals surface area (Å²) < 4.78 is 16.0. The second kappa shape index (κ2) is 7.74. The molecule has 0 spiro atoms. The molecule has 0 aliphatic carbocycles. The number of benzene rings is 2. The molecule has 0 amide bonds. The van der Waals surface area contributed by atoms with E-state index >= 15 is 0 Å². The molecule has 0 atom stereocenters. The first kappa shape index (κ1) is 18.2. The van der Waals surface area contributed by atoms with Crippen LogP contribution in [-0.4, -0.2) is 37.3 Å². The molecule has 1 heterocycles. The molecular weight excluding hydrogens is 350 g/mol. The fourth-order valence-corrected chi connectivity index (χ4v) is 2.67. The molecule has 3 aromatic rings. The molecule has 2 aromatic carbocycles. The number of rotatable bonds is 5. The van der Waals surface area contributed by atoms with Crippen LogP contribution in [-0.2, 0) is 14.3 Å². The molecule has 0 aliphatic heterocycles. The number of hydrogen-bond donors (Lipinski definition) is 0. The van der Waals surface area contributed by atoms with E-state index < -0.39 is 18.5 Å². The van der Waals surface area contributed by atoms with Gasteiger partial charge in [0.05, 0.1) is 25.5 Å². The zero-order chi connectivity index (χ0) is 19.4. The lowest BCUT2D eigenvalue weighted by Gasteiger charge is -2.12. The van der Waals surface area contributed by atoms with Crippen molar-refractivity contribution in [3.63, 3.8) is 0 Å². The molecule has 0 aliphatic rings. The summed E-state index contributed by atoms with van der Waals surface area (Å²) in [7, 11) is 2.73. The van der Waals surface area contributed by atoms with E-state index in [4.69, 9.17) is 9.47 Å². The van der Waals surface area contributed by atoms with Crippen molar-refractivity contribution in [2.75, 3.05) is 20.8 Å². The highest BCUT2D eigenvalue weighted by atomic mass is 16.6. The summed E-state index contributed by atoms with van der Waals surface area (Å²) in [6, 6.07) is 13.6. The lowest BCUT2D eigenvalue weighted by molar-refractivity contribution is -0.144. The lowest BCUT2D eigenvalue weighted by atomic mass is 10.1. The Kier molecular flexibility index (Phi) is 5.21. The van der Waals surface area contributed by atoms with Crippen LogP contribution in [0.1, 0.15) is 10.4 Å². The van der Waals surface area contributed by atoms with Crippen LogP contribution >= 0.6 is 0 Å². The minimum atomic E-state index is -0.728. The maximum Gasteiger partial charge on any atom is 0.344 e. The molecule has 0 unspecified atom stereocenters. The van der Waals surface area contributed by atoms with Crippen molar-refractivity contribution in [2.24, 2.45) is 0 Å². The van der Waals surface area contributed by atoms with Crippen LogP contribution in [0.15, 0.2) is 59.5 Å². The van der Waals surface area contributed by atoms with Gasteiger partial charge in [-0.2, -0.15) is 0 Å². The number of carbonyl (C=O) groups excluding carboxylic acids is 2. The second-order valence-electron chi connectivity index (χ2n) is 5.62. The predicted octanol–water partition coefficient (Wildman–Crippen LogP) is 2.33. The number of esters is 2. The van der Waals surface area contributed by atoms with Gasteiger partial charge in [-0.3, -0.25) is 9.36 Å². The van der Waals surface area contributed by atoms with Crippen LogP contribution < -0.4 is 10.3 Å². The van der Waals surface area contributed by atoms with Crippen molar-refractivity contribution < 1.29 is 23.8 Å². The van der Waals surface area contributed by atoms with E-state index in [1.165, 1.54) is 25.0 Å². The van der Waals surface area contributed by atoms with Gasteiger partial charge in [-0.15, -0.1) is 0 Å². The van der Waals surface area contributed by atoms with E-state index in [0.717, 1.165) is 0 Å². The van der Waals surface area contributed by atoms with Gasteiger partial charge in [-0.25, -0.2) is 9.59 Å². The molecule has 0 N–H and O–H groups in total. The van der Waals surface area contributed by atoms with Crippen molar-refractivity contribution in [3.8, 4) is 11.4 Å². The van der Waals surface area contributed by atoms with Gasteiger partial charge in [0.15, 0.2) is 6.61 Å². The van der Waals surface area contributed by atoms with E-state index in [1.807, 2.05) is 0 Å². The van der Waals surface area contributed by atoms with Gasteiger partial charge >= 0.3 is 11.9 Å². The van der Waals surface area contributed by atoms with Crippen LogP contribution in [0.3, 0.4) is 0 Å². The van der Waals surface area contributed by atoms with E-state index in [-0.39, 0.29) is 11.1 Å². The van der Waals surface area contributed by atoms with E-state index in [2.05, 4.69) is 4.74 Å². The highest BCUT2D eigenvalue weighted by Gasteiger charge is 2.18. The largest absolute Gasteiger partial charge is 0.497 e. The van der Waals surface area contributed by atoms with Crippen molar-refractivity contribution >= 4 is 22.7 Å². The summed E-state index contributed by atoms with van der Waals surface area (Å²) in [6.07, 6.45) is 1.40. The Labute approximate surface area is 154 Å². The topological polar surface area (TPSA) is 83.8 Å². The van der Waals surface area contributed by atoms with Crippen LogP contribution in [0.25, 0.3) is 16.5 Å². The van der Waals surface area contributed by atoms with Gasteiger partial charge in [-0.05, 0) is 18.2 Å². The van der Waals surface area contributed by atoms with Gasteiger partial charge in [-0.1, -0.05) is 24.3 Å². The third kappa shape index (κ3) is 3.67. The summed E-state index contributed by atoms with van der Waals surface area (Å²) in [5, 5.41) is 0.796. The molecule has 0 fully saturated rings. The normalized spacial score (nSPS) is 10.4. The Balaban J connectivity index is 2.15. The monoisotopic (exact) mass is 367 g/mol. The zero-order valence-electron chi connectivity index (χ0n) is 14.8. The maximum absolute atomic E-state index is 12.9. The molecule has 7 heteroatoms. The molecule has 0 bridgehead atoms. The summed E-state index contributed by atoms with van der Waals surface area (Å²) in [4.78, 5) is 36.7. The summed E-state index contributed by atoms with van der Waals surface area (Å²) in [5.41, 5.74) is 0.410. The van der Waals surface area contributed by atoms with Crippen molar-refractivity contribution in [3.05, 3.63) is 70.6 Å². The molecule has 27 heavy (non-hydrogen) atoms. The van der Waals surface area contributed by atoms with Crippen molar-refractivity contribution in [1.29, 1.82) is 0 Å². The minimum Gasteiger partial charge on any atom is -0.497 e. The Morgan fingerprint density at radius 1 is 1.00 bits per heavy atom. The molecule has 138 valence electrons. The number of carbonyl (C=O) groups is 2. The smallest absolute Gasteiger partial charge is 0.344 e. The first-order chi connectivity index (χ1) is 13.0. The standard InChI is InChI=1S/C20H17NO6/c1-25-14-7-5-6-13(10-14)21-11-17(20(24)27-12-18(22)26-2)15-8-3-4-9-16(15)19(21)23/h3-11H,12H2,1-2H3. The summed E-state index contributed by atoms with van der Waals surface area (Å²) >= 11 is 0. The third-order valence-corrected chi connectivity index (χ3v) is 4.02. The third-order valence-electron chi connectivity index (χ3n) is 4.02. The van der Waals surface area contributed by atoms with Gasteiger partial charge in [0.1, 0.15) is 5.75 Å². The molecule has 7 nitrogen and oxygen atoms in total.